The first-order valence-electron chi connectivity index (χ1n) is 5.85. The van der Waals surface area contributed by atoms with Gasteiger partial charge in [-0.05, 0) is 45.1 Å². The molecule has 0 atom stereocenters. The van der Waals surface area contributed by atoms with Crippen molar-refractivity contribution in [2.45, 2.75) is 23.0 Å². The number of benzene rings is 1. The molecule has 98 valence electrons. The summed E-state index contributed by atoms with van der Waals surface area (Å²) >= 11 is 7.50. The minimum Gasteiger partial charge on any atom is -0.306 e. The number of nitro groups is 1. The third-order valence-electron chi connectivity index (χ3n) is 3.08. The largest absolute Gasteiger partial charge is 0.306 e. The Balaban J connectivity index is 2.12. The van der Waals surface area contributed by atoms with E-state index in [4.69, 9.17) is 11.6 Å². The number of hydrogen-bond acceptors (Lipinski definition) is 4. The lowest BCUT2D eigenvalue weighted by Gasteiger charge is -2.28. The summed E-state index contributed by atoms with van der Waals surface area (Å²) in [6.07, 6.45) is 2.12. The van der Waals surface area contributed by atoms with Gasteiger partial charge in [-0.2, -0.15) is 0 Å². The number of halogens is 1. The molecule has 0 aliphatic carbocycles. The summed E-state index contributed by atoms with van der Waals surface area (Å²) in [7, 11) is 2.10. The predicted molar refractivity (Wildman–Crippen MR) is 74.5 cm³/mol. The van der Waals surface area contributed by atoms with Gasteiger partial charge in [0.2, 0.25) is 0 Å². The van der Waals surface area contributed by atoms with Gasteiger partial charge in [-0.3, -0.25) is 10.1 Å². The monoisotopic (exact) mass is 286 g/mol. The summed E-state index contributed by atoms with van der Waals surface area (Å²) in [6, 6.07) is 4.75. The average Bonchev–Trinajstić information content (AvgIpc) is 2.32. The van der Waals surface area contributed by atoms with E-state index in [1.165, 1.54) is 6.07 Å². The quantitative estimate of drug-likeness (QED) is 0.631. The Kier molecular flexibility index (Phi) is 4.48. The molecular formula is C12H15ClN2O2S. The smallest absolute Gasteiger partial charge is 0.282 e. The summed E-state index contributed by atoms with van der Waals surface area (Å²) in [6.45, 7) is 2.10. The van der Waals surface area contributed by atoms with Crippen molar-refractivity contribution >= 4 is 29.1 Å². The lowest BCUT2D eigenvalue weighted by molar-refractivity contribution is -0.387. The molecule has 0 radical (unpaired) electrons. The van der Waals surface area contributed by atoms with E-state index in [-0.39, 0.29) is 10.6 Å². The van der Waals surface area contributed by atoms with Crippen molar-refractivity contribution < 1.29 is 4.92 Å². The molecule has 0 amide bonds. The van der Waals surface area contributed by atoms with Crippen LogP contribution < -0.4 is 0 Å². The van der Waals surface area contributed by atoms with Gasteiger partial charge >= 0.3 is 0 Å². The molecule has 6 heteroatoms. The summed E-state index contributed by atoms with van der Waals surface area (Å²) in [4.78, 5) is 13.6. The van der Waals surface area contributed by atoms with Gasteiger partial charge in [-0.25, -0.2) is 0 Å². The van der Waals surface area contributed by atoms with E-state index in [0.29, 0.717) is 15.2 Å². The Morgan fingerprint density at radius 1 is 1.44 bits per heavy atom. The zero-order valence-corrected chi connectivity index (χ0v) is 11.7. The van der Waals surface area contributed by atoms with Crippen molar-refractivity contribution in [2.75, 3.05) is 20.1 Å². The zero-order valence-electron chi connectivity index (χ0n) is 10.1. The number of likely N-dealkylation sites (tertiary alicyclic amines) is 1. The highest BCUT2D eigenvalue weighted by Gasteiger charge is 2.22. The molecule has 1 saturated heterocycles. The summed E-state index contributed by atoms with van der Waals surface area (Å²) < 4.78 is 0. The minimum atomic E-state index is -0.340. The fourth-order valence-corrected chi connectivity index (χ4v) is 3.52. The van der Waals surface area contributed by atoms with Crippen LogP contribution in [0, 0.1) is 10.1 Å². The van der Waals surface area contributed by atoms with Crippen LogP contribution in [0.2, 0.25) is 5.02 Å². The van der Waals surface area contributed by atoms with Crippen molar-refractivity contribution in [3.63, 3.8) is 0 Å². The number of nitro benzene ring substituents is 1. The normalized spacial score (nSPS) is 17.9. The number of nitrogens with zero attached hydrogens (tertiary/aromatic N) is 2. The second-order valence-corrected chi connectivity index (χ2v) is 6.27. The van der Waals surface area contributed by atoms with Gasteiger partial charge < -0.3 is 4.90 Å². The number of thioether (sulfide) groups is 1. The summed E-state index contributed by atoms with van der Waals surface area (Å²) in [5.41, 5.74) is 0.156. The molecule has 4 nitrogen and oxygen atoms in total. The SMILES string of the molecule is CN1CCC(Sc2cc(Cl)ccc2[N+](=O)[O-])CC1. The first kappa shape index (κ1) is 13.6. The van der Waals surface area contributed by atoms with Crippen LogP contribution in [0.15, 0.2) is 23.1 Å². The molecule has 1 fully saturated rings. The standard InChI is InChI=1S/C12H15ClN2O2S/c1-14-6-4-10(5-7-14)18-12-8-9(13)2-3-11(12)15(16)17/h2-3,8,10H,4-7H2,1H3. The highest BCUT2D eigenvalue weighted by Crippen LogP contribution is 2.37. The number of rotatable bonds is 3. The minimum absolute atomic E-state index is 0.156. The van der Waals surface area contributed by atoms with Crippen LogP contribution in [0.1, 0.15) is 12.8 Å². The van der Waals surface area contributed by atoms with Gasteiger partial charge in [-0.1, -0.05) is 11.6 Å². The highest BCUT2D eigenvalue weighted by molar-refractivity contribution is 8.00. The van der Waals surface area contributed by atoms with E-state index in [1.54, 1.807) is 23.9 Å². The second-order valence-electron chi connectivity index (χ2n) is 4.49. The lowest BCUT2D eigenvalue weighted by atomic mass is 10.1. The van der Waals surface area contributed by atoms with Gasteiger partial charge in [0, 0.05) is 16.3 Å². The topological polar surface area (TPSA) is 46.4 Å². The molecule has 2 rings (SSSR count). The van der Waals surface area contributed by atoms with Crippen LogP contribution in [0.25, 0.3) is 0 Å². The van der Waals surface area contributed by atoms with Crippen molar-refractivity contribution in [3.05, 3.63) is 33.3 Å². The van der Waals surface area contributed by atoms with Crippen LogP contribution >= 0.6 is 23.4 Å². The molecule has 0 spiro atoms. The molecule has 0 aromatic heterocycles. The van der Waals surface area contributed by atoms with E-state index < -0.39 is 0 Å². The fourth-order valence-electron chi connectivity index (χ4n) is 2.02. The Morgan fingerprint density at radius 3 is 2.72 bits per heavy atom. The third kappa shape index (κ3) is 3.37. The Hall–Kier alpha value is -0.780. The molecule has 1 aromatic rings. The van der Waals surface area contributed by atoms with E-state index in [0.717, 1.165) is 25.9 Å². The molecule has 1 aromatic carbocycles. The predicted octanol–water partition coefficient (Wildman–Crippen LogP) is 3.43. The van der Waals surface area contributed by atoms with Gasteiger partial charge in [0.05, 0.1) is 9.82 Å². The molecule has 0 unspecified atom stereocenters. The molecule has 1 aliphatic heterocycles. The van der Waals surface area contributed by atoms with E-state index >= 15 is 0 Å². The number of hydrogen-bond donors (Lipinski definition) is 0. The van der Waals surface area contributed by atoms with Gasteiger partial charge in [0.15, 0.2) is 0 Å². The van der Waals surface area contributed by atoms with Crippen LogP contribution in [0.4, 0.5) is 5.69 Å². The molecule has 0 saturated carbocycles. The maximum absolute atomic E-state index is 11.0. The molecule has 0 N–H and O–H groups in total. The molecule has 1 aliphatic rings. The van der Waals surface area contributed by atoms with Crippen molar-refractivity contribution in [3.8, 4) is 0 Å². The van der Waals surface area contributed by atoms with E-state index in [1.807, 2.05) is 0 Å². The molecular weight excluding hydrogens is 272 g/mol. The number of piperidine rings is 1. The van der Waals surface area contributed by atoms with Crippen molar-refractivity contribution in [1.29, 1.82) is 0 Å². The lowest BCUT2D eigenvalue weighted by Crippen LogP contribution is -2.31. The Bertz CT molecular complexity index is 448. The summed E-state index contributed by atoms with van der Waals surface area (Å²) in [5, 5.41) is 12.0. The van der Waals surface area contributed by atoms with Gasteiger partial charge in [0.25, 0.3) is 5.69 Å². The van der Waals surface area contributed by atoms with Crippen LogP contribution in [0.5, 0.6) is 0 Å². The second kappa shape index (κ2) is 5.91. The van der Waals surface area contributed by atoms with Crippen molar-refractivity contribution in [1.82, 2.24) is 4.90 Å². The summed E-state index contributed by atoms with van der Waals surface area (Å²) in [5.74, 6) is 0. The zero-order chi connectivity index (χ0) is 13.1. The van der Waals surface area contributed by atoms with E-state index in [9.17, 15) is 10.1 Å². The molecule has 0 bridgehead atoms. The fraction of sp³-hybridized carbons (Fsp3) is 0.500. The first-order valence-corrected chi connectivity index (χ1v) is 7.11. The molecule has 18 heavy (non-hydrogen) atoms. The Labute approximate surface area is 115 Å². The Morgan fingerprint density at radius 2 is 2.11 bits per heavy atom. The van der Waals surface area contributed by atoms with Crippen LogP contribution in [0.3, 0.4) is 0 Å². The average molecular weight is 287 g/mol. The van der Waals surface area contributed by atoms with E-state index in [2.05, 4.69) is 11.9 Å². The van der Waals surface area contributed by atoms with Crippen molar-refractivity contribution in [2.24, 2.45) is 0 Å². The van der Waals surface area contributed by atoms with Gasteiger partial charge in [0.1, 0.15) is 0 Å². The first-order chi connectivity index (χ1) is 8.56. The third-order valence-corrected chi connectivity index (χ3v) is 4.70. The van der Waals surface area contributed by atoms with Crippen LogP contribution in [-0.2, 0) is 0 Å². The maximum Gasteiger partial charge on any atom is 0.282 e. The molecule has 1 heterocycles. The van der Waals surface area contributed by atoms with Crippen LogP contribution in [-0.4, -0.2) is 35.2 Å². The highest BCUT2D eigenvalue weighted by atomic mass is 35.5. The van der Waals surface area contributed by atoms with Gasteiger partial charge in [-0.15, -0.1) is 11.8 Å². The maximum atomic E-state index is 11.0.